The number of hydrogen-bond donors (Lipinski definition) is 1. The van der Waals surface area contributed by atoms with E-state index < -0.39 is 9.84 Å². The molecule has 20 heavy (non-hydrogen) atoms. The highest BCUT2D eigenvalue weighted by atomic mass is 35.5. The van der Waals surface area contributed by atoms with E-state index in [1.165, 1.54) is 6.20 Å². The van der Waals surface area contributed by atoms with Crippen LogP contribution < -0.4 is 5.32 Å². The van der Waals surface area contributed by atoms with Gasteiger partial charge < -0.3 is 5.32 Å². The maximum absolute atomic E-state index is 12.5. The van der Waals surface area contributed by atoms with Crippen molar-refractivity contribution >= 4 is 33.3 Å². The Hall–Kier alpha value is -1.24. The normalized spacial score (nSPS) is 16.8. The number of sulfone groups is 1. The molecule has 1 saturated heterocycles. The molecule has 0 aliphatic carbocycles. The van der Waals surface area contributed by atoms with Crippen LogP contribution in [0.2, 0.25) is 0 Å². The zero-order valence-electron chi connectivity index (χ0n) is 10.8. The van der Waals surface area contributed by atoms with Gasteiger partial charge in [0.15, 0.2) is 14.9 Å². The molecule has 0 unspecified atom stereocenters. The Kier molecular flexibility index (Phi) is 4.57. The average Bonchev–Trinajstić information content (AvgIpc) is 2.47. The molecule has 1 aliphatic rings. The second-order valence-electron chi connectivity index (χ2n) is 4.69. The van der Waals surface area contributed by atoms with Crippen molar-refractivity contribution in [3.63, 3.8) is 0 Å². The topological polar surface area (TPSA) is 72.0 Å². The number of nitrogens with one attached hydrogen (secondary N) is 1. The van der Waals surface area contributed by atoms with Crippen molar-refractivity contribution < 1.29 is 8.42 Å². The lowest BCUT2D eigenvalue weighted by Crippen LogP contribution is -2.36. The summed E-state index contributed by atoms with van der Waals surface area (Å²) in [6.45, 7) is 1.48. The van der Waals surface area contributed by atoms with Crippen LogP contribution in [0.25, 0.3) is 11.0 Å². The van der Waals surface area contributed by atoms with Gasteiger partial charge in [-0.05, 0) is 38.1 Å². The molecular weight excluding hydrogens is 298 g/mol. The number of para-hydroxylation sites is 2. The fourth-order valence-electron chi connectivity index (χ4n) is 2.35. The van der Waals surface area contributed by atoms with Gasteiger partial charge in [0.05, 0.1) is 22.5 Å². The Labute approximate surface area is 124 Å². The lowest BCUT2D eigenvalue weighted by Gasteiger charge is -2.22. The van der Waals surface area contributed by atoms with E-state index in [1.54, 1.807) is 6.07 Å². The van der Waals surface area contributed by atoms with Crippen LogP contribution in [0.4, 0.5) is 0 Å². The van der Waals surface area contributed by atoms with Crippen LogP contribution in [-0.2, 0) is 9.84 Å². The predicted octanol–water partition coefficient (Wildman–Crippen LogP) is 1.58. The summed E-state index contributed by atoms with van der Waals surface area (Å²) in [6, 6.07) is 7.29. The minimum Gasteiger partial charge on any atom is -0.317 e. The smallest absolute Gasteiger partial charge is 0.200 e. The molecule has 0 atom stereocenters. The molecule has 1 fully saturated rings. The third-order valence-corrected chi connectivity index (χ3v) is 5.57. The molecule has 1 aromatic carbocycles. The van der Waals surface area contributed by atoms with Crippen LogP contribution in [0.15, 0.2) is 35.5 Å². The Morgan fingerprint density at radius 3 is 2.45 bits per heavy atom. The van der Waals surface area contributed by atoms with Crippen LogP contribution in [0.5, 0.6) is 0 Å². The van der Waals surface area contributed by atoms with Crippen LogP contribution in [-0.4, -0.2) is 36.7 Å². The van der Waals surface area contributed by atoms with Crippen molar-refractivity contribution in [2.75, 3.05) is 13.1 Å². The van der Waals surface area contributed by atoms with Crippen molar-refractivity contribution in [3.05, 3.63) is 30.5 Å². The van der Waals surface area contributed by atoms with Gasteiger partial charge in [-0.25, -0.2) is 13.4 Å². The Balaban J connectivity index is 0.00000147. The summed E-state index contributed by atoms with van der Waals surface area (Å²) in [5.74, 6) is 0. The van der Waals surface area contributed by atoms with E-state index in [0.29, 0.717) is 23.9 Å². The van der Waals surface area contributed by atoms with Gasteiger partial charge in [0.2, 0.25) is 0 Å². The SMILES string of the molecule is Cl.O=S(=O)(c1cnc2ccccc2n1)C1CCNCC1. The molecule has 0 radical (unpaired) electrons. The maximum atomic E-state index is 12.5. The van der Waals surface area contributed by atoms with Gasteiger partial charge in [0.25, 0.3) is 0 Å². The lowest BCUT2D eigenvalue weighted by molar-refractivity contribution is 0.494. The summed E-state index contributed by atoms with van der Waals surface area (Å²) >= 11 is 0. The van der Waals surface area contributed by atoms with Gasteiger partial charge in [0.1, 0.15) is 0 Å². The molecule has 0 amide bonds. The van der Waals surface area contributed by atoms with E-state index in [0.717, 1.165) is 13.1 Å². The van der Waals surface area contributed by atoms with E-state index in [4.69, 9.17) is 0 Å². The maximum Gasteiger partial charge on any atom is 0.200 e. The van der Waals surface area contributed by atoms with E-state index in [-0.39, 0.29) is 22.7 Å². The summed E-state index contributed by atoms with van der Waals surface area (Å²) in [5.41, 5.74) is 1.34. The second-order valence-corrected chi connectivity index (χ2v) is 6.87. The molecule has 3 rings (SSSR count). The van der Waals surface area contributed by atoms with Crippen molar-refractivity contribution in [2.45, 2.75) is 23.1 Å². The van der Waals surface area contributed by atoms with Crippen LogP contribution in [0.3, 0.4) is 0 Å². The zero-order chi connectivity index (χ0) is 13.3. The number of piperidine rings is 1. The molecule has 1 aromatic heterocycles. The summed E-state index contributed by atoms with van der Waals surface area (Å²) in [5, 5.41) is 2.92. The number of fused-ring (bicyclic) bond motifs is 1. The second kappa shape index (κ2) is 6.03. The summed E-state index contributed by atoms with van der Waals surface area (Å²) in [4.78, 5) is 8.44. The zero-order valence-corrected chi connectivity index (χ0v) is 12.5. The molecule has 108 valence electrons. The molecule has 0 saturated carbocycles. The molecular formula is C13H16ClN3O2S. The standard InChI is InChI=1S/C13H15N3O2S.ClH/c17-19(18,10-5-7-14-8-6-10)13-9-15-11-3-1-2-4-12(11)16-13;/h1-4,9-10,14H,5-8H2;1H. The third kappa shape index (κ3) is 2.77. The van der Waals surface area contributed by atoms with Gasteiger partial charge in [-0.2, -0.15) is 0 Å². The van der Waals surface area contributed by atoms with Crippen LogP contribution >= 0.6 is 12.4 Å². The van der Waals surface area contributed by atoms with E-state index in [9.17, 15) is 8.42 Å². The third-order valence-electron chi connectivity index (χ3n) is 3.44. The molecule has 5 nitrogen and oxygen atoms in total. The quantitative estimate of drug-likeness (QED) is 0.911. The average molecular weight is 314 g/mol. The number of benzene rings is 1. The summed E-state index contributed by atoms with van der Waals surface area (Å²) in [7, 11) is -3.37. The first-order valence-electron chi connectivity index (χ1n) is 6.34. The predicted molar refractivity (Wildman–Crippen MR) is 79.9 cm³/mol. The number of hydrogen-bond acceptors (Lipinski definition) is 5. The number of halogens is 1. The minimum atomic E-state index is -3.37. The van der Waals surface area contributed by atoms with Gasteiger partial charge in [-0.3, -0.25) is 4.98 Å². The van der Waals surface area contributed by atoms with Crippen LogP contribution in [0, 0.1) is 0 Å². The number of aromatic nitrogens is 2. The largest absolute Gasteiger partial charge is 0.317 e. The summed E-state index contributed by atoms with van der Waals surface area (Å²) < 4.78 is 25.0. The van der Waals surface area contributed by atoms with E-state index >= 15 is 0 Å². The van der Waals surface area contributed by atoms with Crippen LogP contribution in [0.1, 0.15) is 12.8 Å². The highest BCUT2D eigenvalue weighted by molar-refractivity contribution is 7.92. The van der Waals surface area contributed by atoms with Crippen molar-refractivity contribution in [1.82, 2.24) is 15.3 Å². The first-order valence-corrected chi connectivity index (χ1v) is 7.89. The molecule has 1 aliphatic heterocycles. The Morgan fingerprint density at radius 2 is 1.75 bits per heavy atom. The molecule has 1 N–H and O–H groups in total. The Bertz CT molecular complexity index is 700. The highest BCUT2D eigenvalue weighted by Crippen LogP contribution is 2.21. The van der Waals surface area contributed by atoms with Crippen molar-refractivity contribution in [1.29, 1.82) is 0 Å². The van der Waals surface area contributed by atoms with Crippen molar-refractivity contribution in [3.8, 4) is 0 Å². The number of nitrogens with zero attached hydrogens (tertiary/aromatic N) is 2. The molecule has 7 heteroatoms. The first kappa shape index (κ1) is 15.2. The minimum absolute atomic E-state index is 0. The van der Waals surface area contributed by atoms with Gasteiger partial charge >= 0.3 is 0 Å². The Morgan fingerprint density at radius 1 is 1.10 bits per heavy atom. The fraction of sp³-hybridized carbons (Fsp3) is 0.385. The molecule has 2 aromatic rings. The molecule has 2 heterocycles. The molecule has 0 spiro atoms. The number of rotatable bonds is 2. The lowest BCUT2D eigenvalue weighted by atomic mass is 10.2. The molecule has 0 bridgehead atoms. The van der Waals surface area contributed by atoms with Gasteiger partial charge in [-0.15, -0.1) is 12.4 Å². The summed E-state index contributed by atoms with van der Waals surface area (Å²) in [6.07, 6.45) is 2.65. The monoisotopic (exact) mass is 313 g/mol. The van der Waals surface area contributed by atoms with Crippen molar-refractivity contribution in [2.24, 2.45) is 0 Å². The van der Waals surface area contributed by atoms with E-state index in [2.05, 4.69) is 15.3 Å². The highest BCUT2D eigenvalue weighted by Gasteiger charge is 2.30. The van der Waals surface area contributed by atoms with Gasteiger partial charge in [-0.1, -0.05) is 12.1 Å². The van der Waals surface area contributed by atoms with E-state index in [1.807, 2.05) is 18.2 Å². The fourth-order valence-corrected chi connectivity index (χ4v) is 3.98. The first-order chi connectivity index (χ1) is 9.18. The van der Waals surface area contributed by atoms with Gasteiger partial charge in [0, 0.05) is 0 Å².